The minimum atomic E-state index is -3.16. The Labute approximate surface area is 169 Å². The first kappa shape index (κ1) is 20.6. The van der Waals surface area contributed by atoms with Crippen LogP contribution in [0.2, 0.25) is 5.02 Å². The zero-order valence-corrected chi connectivity index (χ0v) is 17.0. The lowest BCUT2D eigenvalue weighted by atomic mass is 10.1. The summed E-state index contributed by atoms with van der Waals surface area (Å²) in [6.07, 6.45) is 0.384. The van der Waals surface area contributed by atoms with Crippen LogP contribution in [-0.2, 0) is 21.2 Å². The van der Waals surface area contributed by atoms with Crippen LogP contribution in [0.1, 0.15) is 17.5 Å². The number of aryl methyl sites for hydroxylation is 1. The lowest BCUT2D eigenvalue weighted by Crippen LogP contribution is -2.43. The molecule has 1 aliphatic rings. The molecule has 0 aliphatic carbocycles. The first-order chi connectivity index (χ1) is 13.2. The molecule has 0 unspecified atom stereocenters. The van der Waals surface area contributed by atoms with E-state index in [-0.39, 0.29) is 36.4 Å². The molecule has 0 aromatic heterocycles. The molecule has 0 spiro atoms. The summed E-state index contributed by atoms with van der Waals surface area (Å²) < 4.78 is 42.6. The van der Waals surface area contributed by atoms with Crippen molar-refractivity contribution in [2.24, 2.45) is 0 Å². The fourth-order valence-electron chi connectivity index (χ4n) is 3.23. The summed E-state index contributed by atoms with van der Waals surface area (Å²) in [6, 6.07) is 10.5. The van der Waals surface area contributed by atoms with Gasteiger partial charge in [-0.15, -0.1) is 0 Å². The first-order valence-corrected chi connectivity index (χ1v) is 11.1. The number of nitrogens with zero attached hydrogens (tertiary/aromatic N) is 1. The number of halogens is 2. The van der Waals surface area contributed by atoms with Crippen LogP contribution >= 0.6 is 11.6 Å². The Morgan fingerprint density at radius 2 is 1.96 bits per heavy atom. The lowest BCUT2D eigenvalue weighted by Gasteiger charge is -2.28. The highest BCUT2D eigenvalue weighted by atomic mass is 35.5. The van der Waals surface area contributed by atoms with Crippen molar-refractivity contribution in [3.8, 4) is 5.75 Å². The SMILES string of the molecule is Cc1cc(Cl)ccc1OCC(=O)N(Cc1ccc(F)cc1)[C@@H]1CCS(=O)(=O)C1. The van der Waals surface area contributed by atoms with Crippen LogP contribution in [0.25, 0.3) is 0 Å². The van der Waals surface area contributed by atoms with Crippen molar-refractivity contribution in [2.45, 2.75) is 25.9 Å². The molecule has 2 aromatic rings. The fraction of sp³-hybridized carbons (Fsp3) is 0.350. The van der Waals surface area contributed by atoms with E-state index in [0.717, 1.165) is 11.1 Å². The summed E-state index contributed by atoms with van der Waals surface area (Å²) in [5.41, 5.74) is 1.52. The molecule has 1 heterocycles. The molecule has 0 radical (unpaired) electrons. The Bertz CT molecular complexity index is 963. The molecule has 2 aromatic carbocycles. The van der Waals surface area contributed by atoms with Crippen molar-refractivity contribution in [1.29, 1.82) is 0 Å². The van der Waals surface area contributed by atoms with Gasteiger partial charge < -0.3 is 9.64 Å². The van der Waals surface area contributed by atoms with Gasteiger partial charge in [0.2, 0.25) is 0 Å². The number of amides is 1. The highest BCUT2D eigenvalue weighted by Crippen LogP contribution is 2.23. The van der Waals surface area contributed by atoms with Gasteiger partial charge in [0.1, 0.15) is 11.6 Å². The third-order valence-electron chi connectivity index (χ3n) is 4.72. The molecule has 1 amide bonds. The molecule has 0 N–H and O–H groups in total. The minimum Gasteiger partial charge on any atom is -0.483 e. The zero-order chi connectivity index (χ0) is 20.3. The molecule has 1 saturated heterocycles. The Morgan fingerprint density at radius 3 is 2.57 bits per heavy atom. The average molecular weight is 426 g/mol. The number of rotatable bonds is 6. The van der Waals surface area contributed by atoms with Crippen molar-refractivity contribution in [2.75, 3.05) is 18.1 Å². The van der Waals surface area contributed by atoms with Gasteiger partial charge >= 0.3 is 0 Å². The second-order valence-electron chi connectivity index (χ2n) is 6.90. The number of sulfone groups is 1. The number of hydrogen-bond acceptors (Lipinski definition) is 4. The summed E-state index contributed by atoms with van der Waals surface area (Å²) >= 11 is 5.93. The summed E-state index contributed by atoms with van der Waals surface area (Å²) in [5, 5.41) is 0.574. The number of carbonyl (C=O) groups excluding carboxylic acids is 1. The predicted octanol–water partition coefficient (Wildman–Crippen LogP) is 3.38. The maximum Gasteiger partial charge on any atom is 0.261 e. The maximum absolute atomic E-state index is 13.2. The van der Waals surface area contributed by atoms with Gasteiger partial charge in [-0.05, 0) is 54.8 Å². The van der Waals surface area contributed by atoms with Crippen molar-refractivity contribution in [3.63, 3.8) is 0 Å². The summed E-state index contributed by atoms with van der Waals surface area (Å²) in [7, 11) is -3.16. The van der Waals surface area contributed by atoms with E-state index in [0.29, 0.717) is 17.2 Å². The Hall–Kier alpha value is -2.12. The quantitative estimate of drug-likeness (QED) is 0.711. The van der Waals surface area contributed by atoms with Crippen LogP contribution in [0, 0.1) is 12.7 Å². The van der Waals surface area contributed by atoms with E-state index in [1.807, 2.05) is 6.92 Å². The summed E-state index contributed by atoms with van der Waals surface area (Å²) in [6.45, 7) is 1.80. The topological polar surface area (TPSA) is 63.7 Å². The van der Waals surface area contributed by atoms with E-state index in [4.69, 9.17) is 16.3 Å². The van der Waals surface area contributed by atoms with Gasteiger partial charge in [-0.25, -0.2) is 12.8 Å². The van der Waals surface area contributed by atoms with Crippen molar-refractivity contribution < 1.29 is 22.3 Å². The van der Waals surface area contributed by atoms with Crippen LogP contribution in [0.5, 0.6) is 5.75 Å². The molecule has 1 atom stereocenters. The molecular formula is C20H21ClFNO4S. The molecule has 28 heavy (non-hydrogen) atoms. The summed E-state index contributed by atoms with van der Waals surface area (Å²) in [5.74, 6) is -0.159. The van der Waals surface area contributed by atoms with Crippen LogP contribution in [-0.4, -0.2) is 43.4 Å². The summed E-state index contributed by atoms with van der Waals surface area (Å²) in [4.78, 5) is 14.4. The average Bonchev–Trinajstić information content (AvgIpc) is 2.99. The van der Waals surface area contributed by atoms with E-state index in [2.05, 4.69) is 0 Å². The first-order valence-electron chi connectivity index (χ1n) is 8.87. The Morgan fingerprint density at radius 1 is 1.25 bits per heavy atom. The van der Waals surface area contributed by atoms with E-state index in [9.17, 15) is 17.6 Å². The third kappa shape index (κ3) is 5.23. The van der Waals surface area contributed by atoms with Crippen LogP contribution in [0.3, 0.4) is 0 Å². The molecule has 1 aliphatic heterocycles. The molecule has 150 valence electrons. The number of hydrogen-bond donors (Lipinski definition) is 0. The van der Waals surface area contributed by atoms with Gasteiger partial charge in [-0.1, -0.05) is 23.7 Å². The van der Waals surface area contributed by atoms with Crippen LogP contribution in [0.4, 0.5) is 4.39 Å². The lowest BCUT2D eigenvalue weighted by molar-refractivity contribution is -0.136. The van der Waals surface area contributed by atoms with Gasteiger partial charge in [-0.3, -0.25) is 4.79 Å². The van der Waals surface area contributed by atoms with Gasteiger partial charge in [0, 0.05) is 17.6 Å². The van der Waals surface area contributed by atoms with E-state index >= 15 is 0 Å². The minimum absolute atomic E-state index is 0.0576. The molecule has 0 saturated carbocycles. The standard InChI is InChI=1S/C20H21ClFNO4S/c1-14-10-16(21)4-7-19(14)27-12-20(24)23(18-8-9-28(25,26)13-18)11-15-2-5-17(22)6-3-15/h2-7,10,18H,8-9,11-13H2,1H3/t18-/m1/s1. The Kier molecular flexibility index (Phi) is 6.25. The zero-order valence-electron chi connectivity index (χ0n) is 15.4. The molecular weight excluding hydrogens is 405 g/mol. The maximum atomic E-state index is 13.2. The van der Waals surface area contributed by atoms with Crippen molar-refractivity contribution >= 4 is 27.3 Å². The predicted molar refractivity (Wildman–Crippen MR) is 106 cm³/mol. The van der Waals surface area contributed by atoms with Gasteiger partial charge in [-0.2, -0.15) is 0 Å². The number of ether oxygens (including phenoxy) is 1. The molecule has 5 nitrogen and oxygen atoms in total. The number of carbonyl (C=O) groups is 1. The van der Waals surface area contributed by atoms with E-state index < -0.39 is 15.9 Å². The van der Waals surface area contributed by atoms with Crippen LogP contribution in [0.15, 0.2) is 42.5 Å². The molecule has 3 rings (SSSR count). The van der Waals surface area contributed by atoms with E-state index in [1.54, 1.807) is 30.3 Å². The van der Waals surface area contributed by atoms with Crippen molar-refractivity contribution in [3.05, 3.63) is 64.4 Å². The van der Waals surface area contributed by atoms with Crippen LogP contribution < -0.4 is 4.74 Å². The Balaban J connectivity index is 1.75. The van der Waals surface area contributed by atoms with Gasteiger partial charge in [0.25, 0.3) is 5.91 Å². The largest absolute Gasteiger partial charge is 0.483 e. The molecule has 1 fully saturated rings. The highest BCUT2D eigenvalue weighted by Gasteiger charge is 2.34. The third-order valence-corrected chi connectivity index (χ3v) is 6.71. The monoisotopic (exact) mass is 425 g/mol. The second kappa shape index (κ2) is 8.49. The van der Waals surface area contributed by atoms with Crippen molar-refractivity contribution in [1.82, 2.24) is 4.90 Å². The normalized spacial score (nSPS) is 18.0. The fourth-order valence-corrected chi connectivity index (χ4v) is 5.18. The van der Waals surface area contributed by atoms with E-state index in [1.165, 1.54) is 17.0 Å². The number of benzene rings is 2. The smallest absolute Gasteiger partial charge is 0.261 e. The molecule has 8 heteroatoms. The second-order valence-corrected chi connectivity index (χ2v) is 9.57. The highest BCUT2D eigenvalue weighted by molar-refractivity contribution is 7.91. The molecule has 0 bridgehead atoms. The van der Waals surface area contributed by atoms with Gasteiger partial charge in [0.05, 0.1) is 11.5 Å². The van der Waals surface area contributed by atoms with Gasteiger partial charge in [0.15, 0.2) is 16.4 Å².